The Morgan fingerprint density at radius 1 is 1.32 bits per heavy atom. The van der Waals surface area contributed by atoms with Crippen LogP contribution in [0.25, 0.3) is 10.6 Å². The van der Waals surface area contributed by atoms with Gasteiger partial charge in [0.25, 0.3) is 5.56 Å². The van der Waals surface area contributed by atoms with Crippen LogP contribution in [0.5, 0.6) is 0 Å². The van der Waals surface area contributed by atoms with E-state index in [0.29, 0.717) is 10.8 Å². The van der Waals surface area contributed by atoms with Gasteiger partial charge in [0, 0.05) is 11.4 Å². The molecule has 0 atom stereocenters. The van der Waals surface area contributed by atoms with E-state index in [1.807, 2.05) is 29.8 Å². The summed E-state index contributed by atoms with van der Waals surface area (Å²) in [6, 6.07) is 6.91. The van der Waals surface area contributed by atoms with Crippen molar-refractivity contribution < 1.29 is 4.79 Å². The molecule has 0 aliphatic heterocycles. The molecule has 3 aromatic rings. The zero-order chi connectivity index (χ0) is 15.5. The zero-order valence-electron chi connectivity index (χ0n) is 11.6. The van der Waals surface area contributed by atoms with Crippen molar-refractivity contribution in [1.82, 2.24) is 14.8 Å². The topological polar surface area (TPSA) is 76.9 Å². The maximum atomic E-state index is 12.0. The van der Waals surface area contributed by atoms with Crippen LogP contribution in [0.4, 0.5) is 5.13 Å². The third-order valence-corrected chi connectivity index (χ3v) is 4.57. The molecule has 6 nitrogen and oxygen atoms in total. The summed E-state index contributed by atoms with van der Waals surface area (Å²) in [5.74, 6) is -0.327. The minimum absolute atomic E-state index is 0.142. The van der Waals surface area contributed by atoms with Crippen molar-refractivity contribution in [3.05, 3.63) is 51.1 Å². The van der Waals surface area contributed by atoms with Crippen molar-refractivity contribution >= 4 is 33.7 Å². The molecule has 3 rings (SSSR count). The predicted molar refractivity (Wildman–Crippen MR) is 87.3 cm³/mol. The van der Waals surface area contributed by atoms with Crippen LogP contribution in [-0.2, 0) is 11.3 Å². The molecule has 3 aromatic heterocycles. The summed E-state index contributed by atoms with van der Waals surface area (Å²) in [6.07, 6.45) is 0. The Morgan fingerprint density at radius 3 is 2.86 bits per heavy atom. The first-order chi connectivity index (χ1) is 10.6. The minimum Gasteiger partial charge on any atom is -0.300 e. The Hall–Kier alpha value is -2.32. The first-order valence-corrected chi connectivity index (χ1v) is 8.22. The summed E-state index contributed by atoms with van der Waals surface area (Å²) in [5, 5.41) is 11.2. The van der Waals surface area contributed by atoms with Gasteiger partial charge in [-0.3, -0.25) is 9.59 Å². The number of aromatic nitrogens is 3. The number of nitrogens with one attached hydrogen (secondary N) is 1. The lowest BCUT2D eigenvalue weighted by Crippen LogP contribution is -2.29. The molecule has 0 saturated heterocycles. The van der Waals surface area contributed by atoms with Gasteiger partial charge in [-0.15, -0.1) is 22.7 Å². The second kappa shape index (κ2) is 6.20. The Kier molecular flexibility index (Phi) is 4.12. The molecule has 112 valence electrons. The maximum absolute atomic E-state index is 12.0. The third kappa shape index (κ3) is 3.29. The number of carbonyl (C=O) groups excluding carboxylic acids is 1. The number of hydrogen-bond acceptors (Lipinski definition) is 6. The number of thiazole rings is 1. The van der Waals surface area contributed by atoms with E-state index >= 15 is 0 Å². The molecule has 0 spiro atoms. The molecule has 0 aliphatic carbocycles. The Bertz CT molecular complexity index is 852. The molecule has 1 N–H and O–H groups in total. The molecule has 3 heterocycles. The smallest absolute Gasteiger partial charge is 0.267 e. The summed E-state index contributed by atoms with van der Waals surface area (Å²) >= 11 is 2.87. The van der Waals surface area contributed by atoms with Crippen molar-refractivity contribution in [3.63, 3.8) is 0 Å². The monoisotopic (exact) mass is 332 g/mol. The fourth-order valence-electron chi connectivity index (χ4n) is 1.82. The lowest BCUT2D eigenvalue weighted by atomic mass is 10.3. The summed E-state index contributed by atoms with van der Waals surface area (Å²) < 4.78 is 1.16. The number of rotatable bonds is 4. The van der Waals surface area contributed by atoms with Gasteiger partial charge < -0.3 is 5.32 Å². The number of anilines is 1. The van der Waals surface area contributed by atoms with Gasteiger partial charge in [0.2, 0.25) is 5.91 Å². The number of thiophene rings is 1. The number of carbonyl (C=O) groups is 1. The molecule has 0 radical (unpaired) electrons. The van der Waals surface area contributed by atoms with Gasteiger partial charge in [0.1, 0.15) is 12.2 Å². The lowest BCUT2D eigenvalue weighted by Gasteiger charge is -2.06. The van der Waals surface area contributed by atoms with Crippen molar-refractivity contribution in [2.75, 3.05) is 5.32 Å². The molecular weight excluding hydrogens is 320 g/mol. The van der Waals surface area contributed by atoms with Crippen LogP contribution in [0.2, 0.25) is 0 Å². The second-order valence-corrected chi connectivity index (χ2v) is 6.34. The molecule has 1 amide bonds. The maximum Gasteiger partial charge on any atom is 0.267 e. The van der Waals surface area contributed by atoms with E-state index in [1.165, 1.54) is 28.7 Å². The summed E-state index contributed by atoms with van der Waals surface area (Å²) in [4.78, 5) is 28.9. The number of nitrogens with zero attached hydrogens (tertiary/aromatic N) is 3. The zero-order valence-corrected chi connectivity index (χ0v) is 13.3. The van der Waals surface area contributed by atoms with Crippen LogP contribution in [0.3, 0.4) is 0 Å². The normalized spacial score (nSPS) is 10.6. The average molecular weight is 332 g/mol. The highest BCUT2D eigenvalue weighted by Gasteiger charge is 2.10. The third-order valence-electron chi connectivity index (χ3n) is 2.80. The van der Waals surface area contributed by atoms with E-state index in [9.17, 15) is 9.59 Å². The second-order valence-electron chi connectivity index (χ2n) is 4.53. The van der Waals surface area contributed by atoms with Gasteiger partial charge in [-0.25, -0.2) is 9.67 Å². The van der Waals surface area contributed by atoms with Gasteiger partial charge in [-0.05, 0) is 24.4 Å². The van der Waals surface area contributed by atoms with E-state index in [0.717, 1.165) is 15.3 Å². The van der Waals surface area contributed by atoms with E-state index in [1.54, 1.807) is 6.07 Å². The molecule has 8 heteroatoms. The SMILES string of the molecule is Cc1csc(NC(=O)Cn2nc(-c3cccs3)ccc2=O)n1. The molecule has 0 bridgehead atoms. The summed E-state index contributed by atoms with van der Waals surface area (Å²) in [7, 11) is 0. The van der Waals surface area contributed by atoms with Crippen molar-refractivity contribution in [2.45, 2.75) is 13.5 Å². The quantitative estimate of drug-likeness (QED) is 0.796. The first-order valence-electron chi connectivity index (χ1n) is 6.46. The van der Waals surface area contributed by atoms with Crippen LogP contribution < -0.4 is 10.9 Å². The lowest BCUT2D eigenvalue weighted by molar-refractivity contribution is -0.117. The molecule has 0 aromatic carbocycles. The van der Waals surface area contributed by atoms with Crippen molar-refractivity contribution in [3.8, 4) is 10.6 Å². The van der Waals surface area contributed by atoms with Gasteiger partial charge >= 0.3 is 0 Å². The van der Waals surface area contributed by atoms with E-state index in [-0.39, 0.29) is 18.0 Å². The average Bonchev–Trinajstić information content (AvgIpc) is 3.13. The highest BCUT2D eigenvalue weighted by Crippen LogP contribution is 2.21. The van der Waals surface area contributed by atoms with Gasteiger partial charge in [0.15, 0.2) is 5.13 Å². The fraction of sp³-hybridized carbons (Fsp3) is 0.143. The van der Waals surface area contributed by atoms with Gasteiger partial charge in [0.05, 0.1) is 10.6 Å². The summed E-state index contributed by atoms with van der Waals surface area (Å²) in [6.45, 7) is 1.71. The van der Waals surface area contributed by atoms with Crippen LogP contribution >= 0.6 is 22.7 Å². The van der Waals surface area contributed by atoms with E-state index in [4.69, 9.17) is 0 Å². The highest BCUT2D eigenvalue weighted by atomic mass is 32.1. The molecule has 0 saturated carbocycles. The predicted octanol–water partition coefficient (Wildman–Crippen LogP) is 2.38. The fourth-order valence-corrected chi connectivity index (χ4v) is 3.22. The molecule has 0 fully saturated rings. The van der Waals surface area contributed by atoms with E-state index < -0.39 is 0 Å². The molecule has 0 unspecified atom stereocenters. The largest absolute Gasteiger partial charge is 0.300 e. The van der Waals surface area contributed by atoms with Crippen molar-refractivity contribution in [2.24, 2.45) is 0 Å². The molecular formula is C14H12N4O2S2. The van der Waals surface area contributed by atoms with Crippen molar-refractivity contribution in [1.29, 1.82) is 0 Å². The standard InChI is InChI=1S/C14H12N4O2S2/c1-9-8-22-14(15-9)16-12(19)7-18-13(20)5-4-10(17-18)11-3-2-6-21-11/h2-6,8H,7H2,1H3,(H,15,16,19). The summed E-state index contributed by atoms with van der Waals surface area (Å²) in [5.41, 5.74) is 1.20. The minimum atomic E-state index is -0.327. The van der Waals surface area contributed by atoms with Crippen LogP contribution in [0.1, 0.15) is 5.69 Å². The van der Waals surface area contributed by atoms with Gasteiger partial charge in [-0.2, -0.15) is 5.10 Å². The molecule has 0 aliphatic rings. The number of amides is 1. The van der Waals surface area contributed by atoms with E-state index in [2.05, 4.69) is 15.4 Å². The molecule has 22 heavy (non-hydrogen) atoms. The van der Waals surface area contributed by atoms with Crippen LogP contribution in [0.15, 0.2) is 39.8 Å². The van der Waals surface area contributed by atoms with Crippen LogP contribution in [0, 0.1) is 6.92 Å². The Morgan fingerprint density at radius 2 is 2.18 bits per heavy atom. The Balaban J connectivity index is 1.78. The van der Waals surface area contributed by atoms with Crippen LogP contribution in [-0.4, -0.2) is 20.7 Å². The first kappa shape index (κ1) is 14.6. The number of aryl methyl sites for hydroxylation is 1. The Labute approximate surface area is 134 Å². The number of hydrogen-bond donors (Lipinski definition) is 1. The highest BCUT2D eigenvalue weighted by molar-refractivity contribution is 7.14. The van der Waals surface area contributed by atoms with Gasteiger partial charge in [-0.1, -0.05) is 6.07 Å².